The van der Waals surface area contributed by atoms with Crippen molar-refractivity contribution < 1.29 is 22.4 Å². The molecule has 0 aliphatic heterocycles. The number of aromatic nitrogens is 1. The van der Waals surface area contributed by atoms with Crippen LogP contribution in [0.15, 0.2) is 35.1 Å². The number of halogens is 4. The van der Waals surface area contributed by atoms with Gasteiger partial charge in [0, 0.05) is 0 Å². The number of carbonyl (C=O) groups excluding carboxylic acids is 1. The first-order valence-electron chi connectivity index (χ1n) is 9.10. The minimum absolute atomic E-state index is 0.141. The van der Waals surface area contributed by atoms with E-state index in [1.165, 1.54) is 3.56 Å². The fourth-order valence-corrected chi connectivity index (χ4v) is 5.15. The molecule has 1 amide bonds. The van der Waals surface area contributed by atoms with E-state index in [2.05, 4.69) is 5.32 Å². The zero-order chi connectivity index (χ0) is 21.0. The molecule has 0 spiro atoms. The Morgan fingerprint density at radius 1 is 0.897 bits per heavy atom. The molecule has 0 atom stereocenters. The van der Waals surface area contributed by atoms with Gasteiger partial charge in [-0.3, -0.25) is 0 Å². The van der Waals surface area contributed by atoms with Gasteiger partial charge in [-0.05, 0) is 0 Å². The summed E-state index contributed by atoms with van der Waals surface area (Å²) >= 11 is -0.921. The fourth-order valence-electron chi connectivity index (χ4n) is 2.94. The summed E-state index contributed by atoms with van der Waals surface area (Å²) in [4.78, 5) is 24.1. The number of benzene rings is 2. The third kappa shape index (κ3) is 4.62. The molecule has 3 aromatic rings. The van der Waals surface area contributed by atoms with Crippen LogP contribution in [-0.4, -0.2) is 30.7 Å². The average molecular weight is 473 g/mol. The molecule has 0 saturated carbocycles. The van der Waals surface area contributed by atoms with Gasteiger partial charge in [0.25, 0.3) is 0 Å². The van der Waals surface area contributed by atoms with E-state index >= 15 is 0 Å². The summed E-state index contributed by atoms with van der Waals surface area (Å²) < 4.78 is 55.2. The van der Waals surface area contributed by atoms with Crippen molar-refractivity contribution in [2.45, 2.75) is 32.2 Å². The molecule has 0 saturated heterocycles. The van der Waals surface area contributed by atoms with Gasteiger partial charge in [-0.15, -0.1) is 0 Å². The Labute approximate surface area is 170 Å². The van der Waals surface area contributed by atoms with E-state index in [-0.39, 0.29) is 16.7 Å². The van der Waals surface area contributed by atoms with Gasteiger partial charge in [0.1, 0.15) is 0 Å². The van der Waals surface area contributed by atoms with Gasteiger partial charge in [-0.25, -0.2) is 0 Å². The first-order valence-corrected chi connectivity index (χ1v) is 10.7. The number of nitrogens with zero attached hydrogens (tertiary/aromatic N) is 1. The van der Waals surface area contributed by atoms with Crippen LogP contribution in [0.3, 0.4) is 0 Å². The zero-order valence-electron chi connectivity index (χ0n) is 15.3. The number of carbonyl (C=O) groups is 1. The summed E-state index contributed by atoms with van der Waals surface area (Å²) in [6.07, 6.45) is 2.87. The second-order valence-electron chi connectivity index (χ2n) is 6.49. The maximum absolute atomic E-state index is 13.8. The van der Waals surface area contributed by atoms with Gasteiger partial charge in [-0.1, -0.05) is 6.07 Å². The van der Waals surface area contributed by atoms with Crippen LogP contribution >= 0.6 is 0 Å². The second-order valence-corrected chi connectivity index (χ2v) is 8.66. The molecule has 9 heteroatoms. The summed E-state index contributed by atoms with van der Waals surface area (Å²) in [6.45, 7) is 0.771. The molecule has 0 bridgehead atoms. The SMILES string of the molecule is O=C(NCCCCCCn1[se]c2c(F)c(F)c(F)c(F)c2c1=O)c1ccccc1. The molecule has 3 rings (SSSR count). The molecule has 0 unspecified atom stereocenters. The van der Waals surface area contributed by atoms with Crippen molar-refractivity contribution in [3.63, 3.8) is 0 Å². The molecule has 0 fully saturated rings. The van der Waals surface area contributed by atoms with Crippen LogP contribution in [0.5, 0.6) is 0 Å². The number of fused-ring (bicyclic) bond motifs is 1. The molecule has 4 nitrogen and oxygen atoms in total. The molecule has 1 heterocycles. The van der Waals surface area contributed by atoms with Crippen LogP contribution in [-0.2, 0) is 6.54 Å². The van der Waals surface area contributed by atoms with Gasteiger partial charge >= 0.3 is 164 Å². The van der Waals surface area contributed by atoms with Gasteiger partial charge in [-0.2, -0.15) is 0 Å². The molecule has 0 aliphatic rings. The molecule has 1 N–H and O–H groups in total. The number of aryl methyl sites for hydroxylation is 1. The zero-order valence-corrected chi connectivity index (χ0v) is 17.0. The Balaban J connectivity index is 1.48. The topological polar surface area (TPSA) is 51.1 Å². The monoisotopic (exact) mass is 474 g/mol. The van der Waals surface area contributed by atoms with E-state index in [4.69, 9.17) is 0 Å². The molecule has 154 valence electrons. The summed E-state index contributed by atoms with van der Waals surface area (Å²) in [5.74, 6) is -7.08. The first kappa shape index (κ1) is 21.3. The predicted octanol–water partition coefficient (Wildman–Crippen LogP) is 3.61. The molecule has 0 aliphatic carbocycles. The number of nitrogens with one attached hydrogen (secondary N) is 1. The fraction of sp³-hybridized carbons (Fsp3) is 0.300. The van der Waals surface area contributed by atoms with Crippen molar-refractivity contribution in [2.24, 2.45) is 0 Å². The van der Waals surface area contributed by atoms with Crippen molar-refractivity contribution >= 4 is 30.3 Å². The molecule has 29 heavy (non-hydrogen) atoms. The van der Waals surface area contributed by atoms with Crippen LogP contribution in [0.25, 0.3) is 9.65 Å². The number of amides is 1. The molecular formula is C20H18F4N2O2Se. The quantitative estimate of drug-likeness (QED) is 0.179. The summed E-state index contributed by atoms with van der Waals surface area (Å²) in [5.41, 5.74) is -0.209. The van der Waals surface area contributed by atoms with Crippen molar-refractivity contribution in [1.82, 2.24) is 8.88 Å². The Morgan fingerprint density at radius 3 is 2.28 bits per heavy atom. The van der Waals surface area contributed by atoms with E-state index in [1.807, 2.05) is 6.07 Å². The van der Waals surface area contributed by atoms with E-state index in [0.717, 1.165) is 19.3 Å². The van der Waals surface area contributed by atoms with Crippen molar-refractivity contribution in [3.05, 3.63) is 69.5 Å². The van der Waals surface area contributed by atoms with E-state index in [1.54, 1.807) is 24.3 Å². The number of rotatable bonds is 8. The molecule has 2 aromatic carbocycles. The van der Waals surface area contributed by atoms with Gasteiger partial charge < -0.3 is 0 Å². The Bertz CT molecular complexity index is 1080. The predicted molar refractivity (Wildman–Crippen MR) is 102 cm³/mol. The standard InChI is InChI=1S/C20H18F4N2O2Se/c21-14-13-18(17(24)16(23)15(14)22)29-26(20(13)28)11-7-2-1-6-10-25-19(27)12-8-4-3-5-9-12/h3-5,8-9H,1-2,6-7,10-11H2,(H,25,27). The maximum atomic E-state index is 13.8. The van der Waals surface area contributed by atoms with E-state index in [0.29, 0.717) is 18.5 Å². The molecule has 1 aromatic heterocycles. The summed E-state index contributed by atoms with van der Waals surface area (Å²) in [6, 6.07) is 8.86. The van der Waals surface area contributed by atoms with Gasteiger partial charge in [0.05, 0.1) is 0 Å². The van der Waals surface area contributed by atoms with Crippen molar-refractivity contribution in [3.8, 4) is 0 Å². The average Bonchev–Trinajstić information content (AvgIpc) is 3.07. The molecular weight excluding hydrogens is 455 g/mol. The van der Waals surface area contributed by atoms with Crippen molar-refractivity contribution in [2.75, 3.05) is 6.54 Å². The summed E-state index contributed by atoms with van der Waals surface area (Å²) in [7, 11) is 0. The second kappa shape index (κ2) is 9.41. The minimum atomic E-state index is -1.95. The Morgan fingerprint density at radius 2 is 1.55 bits per heavy atom. The molecule has 0 radical (unpaired) electrons. The van der Waals surface area contributed by atoms with E-state index in [9.17, 15) is 27.2 Å². The number of hydrogen-bond acceptors (Lipinski definition) is 2. The number of unbranched alkanes of at least 4 members (excludes halogenated alkanes) is 3. The van der Waals surface area contributed by atoms with Crippen molar-refractivity contribution in [1.29, 1.82) is 0 Å². The Kier molecular flexibility index (Phi) is 6.92. The van der Waals surface area contributed by atoms with Gasteiger partial charge in [0.2, 0.25) is 0 Å². The summed E-state index contributed by atoms with van der Waals surface area (Å²) in [5, 5.41) is 2.13. The van der Waals surface area contributed by atoms with Gasteiger partial charge in [0.15, 0.2) is 0 Å². The Hall–Kier alpha value is -2.38. The van der Waals surface area contributed by atoms with E-state index < -0.39 is 48.9 Å². The van der Waals surface area contributed by atoms with Crippen LogP contribution in [0.4, 0.5) is 17.6 Å². The van der Waals surface area contributed by atoms with Crippen LogP contribution in [0.2, 0.25) is 0 Å². The third-order valence-corrected chi connectivity index (χ3v) is 6.86. The van der Waals surface area contributed by atoms with Crippen LogP contribution < -0.4 is 10.9 Å². The first-order chi connectivity index (χ1) is 13.9. The normalized spacial score (nSPS) is 11.2. The van der Waals surface area contributed by atoms with Crippen LogP contribution in [0, 0.1) is 23.3 Å². The van der Waals surface area contributed by atoms with Crippen LogP contribution in [0.1, 0.15) is 36.0 Å². The number of hydrogen-bond donors (Lipinski definition) is 1. The third-order valence-electron chi connectivity index (χ3n) is 4.48.